The Morgan fingerprint density at radius 1 is 1.17 bits per heavy atom. The average molecular weight is 327 g/mol. The van der Waals surface area contributed by atoms with Crippen LogP contribution in [0.3, 0.4) is 0 Å². The van der Waals surface area contributed by atoms with Gasteiger partial charge in [0.15, 0.2) is 0 Å². The second-order valence-electron chi connectivity index (χ2n) is 3.89. The summed E-state index contributed by atoms with van der Waals surface area (Å²) >= 11 is 9.67. The maximum atomic E-state index is 6.27. The Morgan fingerprint density at radius 3 is 2.56 bits per heavy atom. The molecule has 0 amide bonds. The van der Waals surface area contributed by atoms with E-state index in [-0.39, 0.29) is 6.04 Å². The summed E-state index contributed by atoms with van der Waals surface area (Å²) in [6.45, 7) is 0. The minimum Gasteiger partial charge on any atom is -0.497 e. The fourth-order valence-electron chi connectivity index (χ4n) is 1.78. The third-order valence-corrected chi connectivity index (χ3v) is 3.84. The molecule has 0 saturated carbocycles. The molecule has 2 rings (SSSR count). The van der Waals surface area contributed by atoms with Gasteiger partial charge in [-0.05, 0) is 35.4 Å². The molecule has 0 aromatic heterocycles. The van der Waals surface area contributed by atoms with Crippen LogP contribution >= 0.6 is 27.5 Å². The lowest BCUT2D eigenvalue weighted by atomic mass is 9.99. The van der Waals surface area contributed by atoms with Crippen LogP contribution in [0.2, 0.25) is 5.02 Å². The van der Waals surface area contributed by atoms with Crippen molar-refractivity contribution in [2.24, 2.45) is 5.73 Å². The number of benzene rings is 2. The van der Waals surface area contributed by atoms with Crippen LogP contribution in [0.25, 0.3) is 0 Å². The Kier molecular flexibility index (Phi) is 4.27. The predicted octanol–water partition coefficient (Wildman–Crippen LogP) is 4.16. The van der Waals surface area contributed by atoms with E-state index in [0.29, 0.717) is 5.02 Å². The fraction of sp³-hybridized carbons (Fsp3) is 0.143. The van der Waals surface area contributed by atoms with Gasteiger partial charge >= 0.3 is 0 Å². The Labute approximate surface area is 120 Å². The van der Waals surface area contributed by atoms with E-state index in [1.54, 1.807) is 7.11 Å². The van der Waals surface area contributed by atoms with Gasteiger partial charge in [-0.2, -0.15) is 0 Å². The molecule has 0 heterocycles. The predicted molar refractivity (Wildman–Crippen MR) is 78.2 cm³/mol. The molecule has 0 aliphatic rings. The Morgan fingerprint density at radius 2 is 1.89 bits per heavy atom. The Balaban J connectivity index is 2.45. The molecule has 2 nitrogen and oxygen atoms in total. The zero-order valence-electron chi connectivity index (χ0n) is 9.86. The van der Waals surface area contributed by atoms with Gasteiger partial charge in [0, 0.05) is 9.50 Å². The van der Waals surface area contributed by atoms with E-state index in [2.05, 4.69) is 15.9 Å². The maximum absolute atomic E-state index is 6.27. The molecular weight excluding hydrogens is 314 g/mol. The van der Waals surface area contributed by atoms with Crippen LogP contribution in [0, 0.1) is 0 Å². The second kappa shape index (κ2) is 5.74. The molecule has 1 atom stereocenters. The van der Waals surface area contributed by atoms with Crippen LogP contribution in [0.1, 0.15) is 17.2 Å². The molecule has 2 aromatic rings. The zero-order chi connectivity index (χ0) is 13.1. The number of rotatable bonds is 3. The third kappa shape index (κ3) is 2.69. The summed E-state index contributed by atoms with van der Waals surface area (Å²) in [6.07, 6.45) is 0. The summed E-state index contributed by atoms with van der Waals surface area (Å²) in [5.74, 6) is 0.774. The lowest BCUT2D eigenvalue weighted by Crippen LogP contribution is -2.13. The Bertz CT molecular complexity index is 559. The molecule has 0 aliphatic carbocycles. The van der Waals surface area contributed by atoms with Crippen LogP contribution in [0.5, 0.6) is 5.75 Å². The zero-order valence-corrected chi connectivity index (χ0v) is 12.2. The molecular formula is C14H13BrClNO. The van der Waals surface area contributed by atoms with Gasteiger partial charge in [0.05, 0.1) is 13.2 Å². The van der Waals surface area contributed by atoms with E-state index in [1.807, 2.05) is 42.5 Å². The van der Waals surface area contributed by atoms with Crippen molar-refractivity contribution in [3.63, 3.8) is 0 Å². The largest absolute Gasteiger partial charge is 0.497 e. The monoisotopic (exact) mass is 325 g/mol. The summed E-state index contributed by atoms with van der Waals surface area (Å²) in [4.78, 5) is 0. The molecule has 4 heteroatoms. The molecule has 0 spiro atoms. The van der Waals surface area contributed by atoms with Crippen molar-refractivity contribution in [3.8, 4) is 5.75 Å². The van der Waals surface area contributed by atoms with Gasteiger partial charge < -0.3 is 10.5 Å². The second-order valence-corrected chi connectivity index (χ2v) is 5.15. The van der Waals surface area contributed by atoms with Gasteiger partial charge in [0.1, 0.15) is 5.75 Å². The van der Waals surface area contributed by atoms with E-state index in [4.69, 9.17) is 22.1 Å². The smallest absolute Gasteiger partial charge is 0.119 e. The van der Waals surface area contributed by atoms with Gasteiger partial charge in [0.25, 0.3) is 0 Å². The number of halogens is 2. The summed E-state index contributed by atoms with van der Waals surface area (Å²) in [6, 6.07) is 13.0. The highest BCUT2D eigenvalue weighted by Crippen LogP contribution is 2.32. The minimum absolute atomic E-state index is 0.289. The van der Waals surface area contributed by atoms with Gasteiger partial charge in [-0.1, -0.05) is 45.7 Å². The summed E-state index contributed by atoms with van der Waals surface area (Å²) in [5, 5.41) is 0.666. The summed E-state index contributed by atoms with van der Waals surface area (Å²) in [7, 11) is 1.63. The third-order valence-electron chi connectivity index (χ3n) is 2.78. The maximum Gasteiger partial charge on any atom is 0.119 e. The van der Waals surface area contributed by atoms with Crippen molar-refractivity contribution in [1.82, 2.24) is 0 Å². The molecule has 2 N–H and O–H groups in total. The highest BCUT2D eigenvalue weighted by atomic mass is 79.9. The number of hydrogen-bond acceptors (Lipinski definition) is 2. The van der Waals surface area contributed by atoms with E-state index >= 15 is 0 Å². The van der Waals surface area contributed by atoms with Crippen LogP contribution in [-0.4, -0.2) is 7.11 Å². The lowest BCUT2D eigenvalue weighted by molar-refractivity contribution is 0.414. The standard InChI is InChI=1S/C14H13BrClNO/c1-18-9-6-7-12(15)11(8-9)14(17)10-4-2-3-5-13(10)16/h2-8,14H,17H2,1H3. The molecule has 2 aromatic carbocycles. The molecule has 0 aliphatic heterocycles. The van der Waals surface area contributed by atoms with Gasteiger partial charge in [0.2, 0.25) is 0 Å². The molecule has 0 radical (unpaired) electrons. The summed E-state index contributed by atoms with van der Waals surface area (Å²) in [5.41, 5.74) is 8.11. The molecule has 0 bridgehead atoms. The van der Waals surface area contributed by atoms with Crippen molar-refractivity contribution >= 4 is 27.5 Å². The first-order valence-electron chi connectivity index (χ1n) is 5.47. The quantitative estimate of drug-likeness (QED) is 0.919. The van der Waals surface area contributed by atoms with Crippen molar-refractivity contribution in [1.29, 1.82) is 0 Å². The normalized spacial score (nSPS) is 12.2. The molecule has 18 heavy (non-hydrogen) atoms. The van der Waals surface area contributed by atoms with Crippen LogP contribution in [0.15, 0.2) is 46.9 Å². The van der Waals surface area contributed by atoms with Crippen molar-refractivity contribution in [2.75, 3.05) is 7.11 Å². The summed E-state index contributed by atoms with van der Waals surface area (Å²) < 4.78 is 6.16. The Hall–Kier alpha value is -1.03. The van der Waals surface area contributed by atoms with Gasteiger partial charge in [-0.15, -0.1) is 0 Å². The highest BCUT2D eigenvalue weighted by Gasteiger charge is 2.15. The van der Waals surface area contributed by atoms with Crippen LogP contribution in [-0.2, 0) is 0 Å². The highest BCUT2D eigenvalue weighted by molar-refractivity contribution is 9.10. The van der Waals surface area contributed by atoms with Gasteiger partial charge in [-0.3, -0.25) is 0 Å². The van der Waals surface area contributed by atoms with E-state index in [9.17, 15) is 0 Å². The first-order chi connectivity index (χ1) is 8.63. The fourth-order valence-corrected chi connectivity index (χ4v) is 2.53. The van der Waals surface area contributed by atoms with E-state index < -0.39 is 0 Å². The number of hydrogen-bond donors (Lipinski definition) is 1. The SMILES string of the molecule is COc1ccc(Br)c(C(N)c2ccccc2Cl)c1. The lowest BCUT2D eigenvalue weighted by Gasteiger charge is -2.16. The first kappa shape index (κ1) is 13.4. The van der Waals surface area contributed by atoms with Crippen molar-refractivity contribution in [2.45, 2.75) is 6.04 Å². The molecule has 0 saturated heterocycles. The van der Waals surface area contributed by atoms with E-state index in [1.165, 1.54) is 0 Å². The van der Waals surface area contributed by atoms with Crippen molar-refractivity contribution < 1.29 is 4.74 Å². The van der Waals surface area contributed by atoms with Crippen LogP contribution < -0.4 is 10.5 Å². The topological polar surface area (TPSA) is 35.2 Å². The van der Waals surface area contributed by atoms with Gasteiger partial charge in [-0.25, -0.2) is 0 Å². The number of ether oxygens (including phenoxy) is 1. The van der Waals surface area contributed by atoms with E-state index in [0.717, 1.165) is 21.3 Å². The van der Waals surface area contributed by atoms with Crippen LogP contribution in [0.4, 0.5) is 0 Å². The number of methoxy groups -OCH3 is 1. The molecule has 94 valence electrons. The number of nitrogens with two attached hydrogens (primary N) is 1. The molecule has 1 unspecified atom stereocenters. The minimum atomic E-state index is -0.289. The molecule has 0 fully saturated rings. The first-order valence-corrected chi connectivity index (χ1v) is 6.64. The average Bonchev–Trinajstić information content (AvgIpc) is 2.39. The van der Waals surface area contributed by atoms with Crippen molar-refractivity contribution in [3.05, 3.63) is 63.1 Å².